The van der Waals surface area contributed by atoms with E-state index < -0.39 is 0 Å². The number of oxime groups is 1. The topological polar surface area (TPSA) is 87.7 Å². The number of hydrogen-bond acceptors (Lipinski definition) is 3. The number of nitrogens with one attached hydrogen (secondary N) is 1. The Kier molecular flexibility index (Phi) is 5.85. The molecule has 0 fully saturated rings. The predicted molar refractivity (Wildman–Crippen MR) is 75.5 cm³/mol. The van der Waals surface area contributed by atoms with Crippen molar-refractivity contribution in [1.29, 1.82) is 0 Å². The third kappa shape index (κ3) is 4.99. The van der Waals surface area contributed by atoms with Crippen LogP contribution in [0.1, 0.15) is 40.7 Å². The van der Waals surface area contributed by atoms with E-state index in [4.69, 9.17) is 10.9 Å². The smallest absolute Gasteiger partial charge is 0.251 e. The first-order valence-corrected chi connectivity index (χ1v) is 6.36. The predicted octanol–water partition coefficient (Wildman–Crippen LogP) is 1.95. The van der Waals surface area contributed by atoms with Gasteiger partial charge in [0.2, 0.25) is 0 Å². The second-order valence-corrected chi connectivity index (χ2v) is 4.62. The van der Waals surface area contributed by atoms with Crippen LogP contribution in [0.5, 0.6) is 0 Å². The molecular formula is C14H21N3O2. The number of carbonyl (C=O) groups excluding carboxylic acids is 1. The minimum absolute atomic E-state index is 0.0509. The zero-order valence-corrected chi connectivity index (χ0v) is 11.4. The van der Waals surface area contributed by atoms with Crippen molar-refractivity contribution in [3.8, 4) is 0 Å². The van der Waals surface area contributed by atoms with E-state index in [0.717, 1.165) is 29.5 Å². The second-order valence-electron chi connectivity index (χ2n) is 4.62. The molecule has 5 nitrogen and oxygen atoms in total. The van der Waals surface area contributed by atoms with E-state index in [1.54, 1.807) is 0 Å². The van der Waals surface area contributed by atoms with Crippen molar-refractivity contribution < 1.29 is 10.0 Å². The Labute approximate surface area is 113 Å². The summed E-state index contributed by atoms with van der Waals surface area (Å²) < 4.78 is 0. The highest BCUT2D eigenvalue weighted by molar-refractivity contribution is 5.95. The first kappa shape index (κ1) is 15.0. The van der Waals surface area contributed by atoms with Crippen molar-refractivity contribution >= 4 is 11.7 Å². The molecule has 19 heavy (non-hydrogen) atoms. The zero-order valence-electron chi connectivity index (χ0n) is 11.4. The van der Waals surface area contributed by atoms with Crippen molar-refractivity contribution in [2.75, 3.05) is 6.54 Å². The van der Waals surface area contributed by atoms with Crippen LogP contribution in [0.2, 0.25) is 0 Å². The molecule has 5 heteroatoms. The molecule has 0 unspecified atom stereocenters. The maximum Gasteiger partial charge on any atom is 0.251 e. The lowest BCUT2D eigenvalue weighted by molar-refractivity contribution is 0.0952. The van der Waals surface area contributed by atoms with Crippen LogP contribution < -0.4 is 11.1 Å². The van der Waals surface area contributed by atoms with Crippen molar-refractivity contribution in [3.63, 3.8) is 0 Å². The van der Waals surface area contributed by atoms with Crippen LogP contribution in [0.3, 0.4) is 0 Å². The number of unbranched alkanes of at least 4 members (excludes halogenated alkanes) is 1. The molecule has 0 saturated heterocycles. The molecule has 0 atom stereocenters. The molecule has 1 aromatic rings. The molecule has 0 radical (unpaired) electrons. The molecule has 1 aromatic carbocycles. The summed E-state index contributed by atoms with van der Waals surface area (Å²) in [4.78, 5) is 12.0. The lowest BCUT2D eigenvalue weighted by Gasteiger charge is -2.08. The van der Waals surface area contributed by atoms with Gasteiger partial charge < -0.3 is 16.3 Å². The van der Waals surface area contributed by atoms with Gasteiger partial charge in [0.15, 0.2) is 0 Å². The average Bonchev–Trinajstić information content (AvgIpc) is 2.40. The molecule has 4 N–H and O–H groups in total. The number of nitrogens with two attached hydrogens (primary N) is 1. The van der Waals surface area contributed by atoms with E-state index in [9.17, 15) is 4.79 Å². The summed E-state index contributed by atoms with van der Waals surface area (Å²) in [5.74, 6) is 0.172. The quantitative estimate of drug-likeness (QED) is 0.241. The number of hydrogen-bond donors (Lipinski definition) is 3. The monoisotopic (exact) mass is 263 g/mol. The molecule has 104 valence electrons. The maximum absolute atomic E-state index is 12.0. The number of rotatable bonds is 6. The van der Waals surface area contributed by atoms with Crippen LogP contribution in [-0.2, 0) is 0 Å². The Bertz CT molecular complexity index is 470. The summed E-state index contributed by atoms with van der Waals surface area (Å²) in [6, 6.07) is 5.83. The minimum atomic E-state index is -0.0509. The highest BCUT2D eigenvalue weighted by atomic mass is 16.4. The lowest BCUT2D eigenvalue weighted by atomic mass is 10.1. The zero-order chi connectivity index (χ0) is 14.3. The van der Waals surface area contributed by atoms with Gasteiger partial charge in [-0.25, -0.2) is 0 Å². The van der Waals surface area contributed by atoms with Gasteiger partial charge in [-0.3, -0.25) is 4.79 Å². The van der Waals surface area contributed by atoms with Crippen LogP contribution in [0, 0.1) is 13.8 Å². The van der Waals surface area contributed by atoms with Gasteiger partial charge in [0.05, 0.1) is 0 Å². The Balaban J connectivity index is 2.37. The highest BCUT2D eigenvalue weighted by Crippen LogP contribution is 2.10. The molecule has 0 bridgehead atoms. The number of amides is 1. The fourth-order valence-corrected chi connectivity index (χ4v) is 1.76. The SMILES string of the molecule is Cc1ccc(C)c(C(=O)NCCCCC(N)=NO)c1. The van der Waals surface area contributed by atoms with Crippen molar-refractivity contribution in [1.82, 2.24) is 5.32 Å². The molecular weight excluding hydrogens is 242 g/mol. The highest BCUT2D eigenvalue weighted by Gasteiger charge is 2.08. The Morgan fingerprint density at radius 1 is 1.37 bits per heavy atom. The molecule has 0 saturated carbocycles. The summed E-state index contributed by atoms with van der Waals surface area (Å²) in [6.45, 7) is 4.48. The fourth-order valence-electron chi connectivity index (χ4n) is 1.76. The lowest BCUT2D eigenvalue weighted by Crippen LogP contribution is -2.25. The molecule has 0 aliphatic rings. The largest absolute Gasteiger partial charge is 0.409 e. The van der Waals surface area contributed by atoms with Crippen molar-refractivity contribution in [2.24, 2.45) is 10.9 Å². The number of nitrogens with zero attached hydrogens (tertiary/aromatic N) is 1. The van der Waals surface area contributed by atoms with Crippen LogP contribution in [0.25, 0.3) is 0 Å². The van der Waals surface area contributed by atoms with E-state index >= 15 is 0 Å². The van der Waals surface area contributed by atoms with E-state index in [0.29, 0.717) is 13.0 Å². The van der Waals surface area contributed by atoms with Gasteiger partial charge in [-0.2, -0.15) is 0 Å². The Morgan fingerprint density at radius 3 is 2.79 bits per heavy atom. The van der Waals surface area contributed by atoms with E-state index in [2.05, 4.69) is 10.5 Å². The average molecular weight is 263 g/mol. The number of amidine groups is 1. The first-order valence-electron chi connectivity index (χ1n) is 6.36. The summed E-state index contributed by atoms with van der Waals surface area (Å²) in [7, 11) is 0. The van der Waals surface area contributed by atoms with Gasteiger partial charge in [0.1, 0.15) is 5.84 Å². The Morgan fingerprint density at radius 2 is 2.11 bits per heavy atom. The van der Waals surface area contributed by atoms with Crippen molar-refractivity contribution in [2.45, 2.75) is 33.1 Å². The van der Waals surface area contributed by atoms with Gasteiger partial charge in [0, 0.05) is 18.5 Å². The number of carbonyl (C=O) groups is 1. The normalized spacial score (nSPS) is 11.4. The number of benzene rings is 1. The van der Waals surface area contributed by atoms with Crippen LogP contribution in [-0.4, -0.2) is 23.5 Å². The summed E-state index contributed by atoms with van der Waals surface area (Å²) in [5, 5.41) is 14.2. The van der Waals surface area contributed by atoms with E-state index in [1.165, 1.54) is 0 Å². The van der Waals surface area contributed by atoms with Crippen LogP contribution in [0.4, 0.5) is 0 Å². The molecule has 1 amide bonds. The molecule has 0 aliphatic carbocycles. The first-order chi connectivity index (χ1) is 9.04. The van der Waals surface area contributed by atoms with Crippen molar-refractivity contribution in [3.05, 3.63) is 34.9 Å². The molecule has 0 heterocycles. The second kappa shape index (κ2) is 7.41. The molecule has 0 aliphatic heterocycles. The fraction of sp³-hybridized carbons (Fsp3) is 0.429. The molecule has 0 aromatic heterocycles. The third-order valence-corrected chi connectivity index (χ3v) is 2.91. The van der Waals surface area contributed by atoms with Gasteiger partial charge in [-0.1, -0.05) is 22.9 Å². The summed E-state index contributed by atoms with van der Waals surface area (Å²) >= 11 is 0. The number of aryl methyl sites for hydroxylation is 2. The standard InChI is InChI=1S/C14H21N3O2/c1-10-6-7-11(2)12(9-10)14(18)16-8-4-3-5-13(15)17-19/h6-7,9,19H,3-5,8H2,1-2H3,(H2,15,17)(H,16,18). The maximum atomic E-state index is 12.0. The van der Waals surface area contributed by atoms with Crippen LogP contribution >= 0.6 is 0 Å². The van der Waals surface area contributed by atoms with Gasteiger partial charge >= 0.3 is 0 Å². The van der Waals surface area contributed by atoms with Gasteiger partial charge in [-0.15, -0.1) is 0 Å². The minimum Gasteiger partial charge on any atom is -0.409 e. The van der Waals surface area contributed by atoms with E-state index in [1.807, 2.05) is 32.0 Å². The third-order valence-electron chi connectivity index (χ3n) is 2.91. The van der Waals surface area contributed by atoms with Crippen LogP contribution in [0.15, 0.2) is 23.4 Å². The Hall–Kier alpha value is -2.04. The summed E-state index contributed by atoms with van der Waals surface area (Å²) in [6.07, 6.45) is 2.12. The molecule has 0 spiro atoms. The van der Waals surface area contributed by atoms with Gasteiger partial charge in [-0.05, 0) is 38.3 Å². The van der Waals surface area contributed by atoms with Gasteiger partial charge in [0.25, 0.3) is 5.91 Å². The molecule has 1 rings (SSSR count). The summed E-state index contributed by atoms with van der Waals surface area (Å²) in [5.41, 5.74) is 8.12. The van der Waals surface area contributed by atoms with E-state index in [-0.39, 0.29) is 11.7 Å².